The average molecular weight is 181 g/mol. The molecule has 1 unspecified atom stereocenters. The molecule has 3 nitrogen and oxygen atoms in total. The standard InChI is InChI=1S/C10H19N3/c1-6-8(2)9-12-11-7-13(9)10(3,4)5/h7-8H,6H2,1-5H3. The molecule has 0 spiro atoms. The summed E-state index contributed by atoms with van der Waals surface area (Å²) in [6.07, 6.45) is 2.93. The highest BCUT2D eigenvalue weighted by Crippen LogP contribution is 2.22. The lowest BCUT2D eigenvalue weighted by Gasteiger charge is -2.24. The molecule has 3 heteroatoms. The molecule has 0 N–H and O–H groups in total. The lowest BCUT2D eigenvalue weighted by atomic mass is 10.0. The molecule has 0 bridgehead atoms. The highest BCUT2D eigenvalue weighted by atomic mass is 15.3. The summed E-state index contributed by atoms with van der Waals surface area (Å²) in [5.41, 5.74) is 0.0856. The van der Waals surface area contributed by atoms with Crippen LogP contribution in [0.2, 0.25) is 0 Å². The number of rotatable bonds is 2. The van der Waals surface area contributed by atoms with Gasteiger partial charge in [0.15, 0.2) is 0 Å². The van der Waals surface area contributed by atoms with E-state index in [-0.39, 0.29) is 5.54 Å². The van der Waals surface area contributed by atoms with Gasteiger partial charge in [0, 0.05) is 11.5 Å². The minimum absolute atomic E-state index is 0.0856. The largest absolute Gasteiger partial charge is 0.312 e. The third-order valence-corrected chi connectivity index (χ3v) is 2.35. The summed E-state index contributed by atoms with van der Waals surface area (Å²) in [6, 6.07) is 0. The topological polar surface area (TPSA) is 30.7 Å². The Morgan fingerprint density at radius 1 is 1.46 bits per heavy atom. The quantitative estimate of drug-likeness (QED) is 0.702. The van der Waals surface area contributed by atoms with Crippen LogP contribution in [-0.2, 0) is 5.54 Å². The van der Waals surface area contributed by atoms with Gasteiger partial charge in [-0.1, -0.05) is 13.8 Å². The summed E-state index contributed by atoms with van der Waals surface area (Å²) < 4.78 is 2.15. The molecule has 0 fully saturated rings. The molecule has 1 heterocycles. The van der Waals surface area contributed by atoms with E-state index in [9.17, 15) is 0 Å². The van der Waals surface area contributed by atoms with Gasteiger partial charge >= 0.3 is 0 Å². The van der Waals surface area contributed by atoms with Crippen molar-refractivity contribution in [1.29, 1.82) is 0 Å². The van der Waals surface area contributed by atoms with Gasteiger partial charge in [-0.25, -0.2) is 0 Å². The normalized spacial score (nSPS) is 14.5. The van der Waals surface area contributed by atoms with E-state index in [0.29, 0.717) is 5.92 Å². The predicted octanol–water partition coefficient (Wildman–Crippen LogP) is 2.55. The smallest absolute Gasteiger partial charge is 0.136 e. The van der Waals surface area contributed by atoms with Gasteiger partial charge < -0.3 is 4.57 Å². The van der Waals surface area contributed by atoms with Crippen molar-refractivity contribution in [2.24, 2.45) is 0 Å². The number of nitrogens with zero attached hydrogens (tertiary/aromatic N) is 3. The van der Waals surface area contributed by atoms with Crippen LogP contribution in [0.25, 0.3) is 0 Å². The molecule has 74 valence electrons. The Hall–Kier alpha value is -0.860. The summed E-state index contributed by atoms with van der Waals surface area (Å²) in [4.78, 5) is 0. The van der Waals surface area contributed by atoms with Crippen molar-refractivity contribution in [2.45, 2.75) is 52.5 Å². The van der Waals surface area contributed by atoms with E-state index in [2.05, 4.69) is 49.4 Å². The zero-order chi connectivity index (χ0) is 10.1. The van der Waals surface area contributed by atoms with Crippen LogP contribution in [0.15, 0.2) is 6.33 Å². The Balaban J connectivity index is 3.03. The number of hydrogen-bond donors (Lipinski definition) is 0. The Morgan fingerprint density at radius 2 is 2.08 bits per heavy atom. The third kappa shape index (κ3) is 2.08. The van der Waals surface area contributed by atoms with E-state index in [1.165, 1.54) is 0 Å². The molecule has 0 aromatic carbocycles. The van der Waals surface area contributed by atoms with Crippen molar-refractivity contribution in [2.75, 3.05) is 0 Å². The number of aromatic nitrogens is 3. The van der Waals surface area contributed by atoms with Crippen LogP contribution in [-0.4, -0.2) is 14.8 Å². The van der Waals surface area contributed by atoms with Crippen LogP contribution in [0.5, 0.6) is 0 Å². The first-order chi connectivity index (χ1) is 5.96. The van der Waals surface area contributed by atoms with Crippen molar-refractivity contribution in [3.63, 3.8) is 0 Å². The number of hydrogen-bond acceptors (Lipinski definition) is 2. The molecule has 13 heavy (non-hydrogen) atoms. The van der Waals surface area contributed by atoms with Crippen LogP contribution in [0, 0.1) is 0 Å². The predicted molar refractivity (Wildman–Crippen MR) is 53.7 cm³/mol. The molecule has 0 radical (unpaired) electrons. The molecular formula is C10H19N3. The fraction of sp³-hybridized carbons (Fsp3) is 0.800. The van der Waals surface area contributed by atoms with Gasteiger partial charge in [-0.2, -0.15) is 0 Å². The summed E-state index contributed by atoms with van der Waals surface area (Å²) >= 11 is 0. The molecule has 0 saturated heterocycles. The van der Waals surface area contributed by atoms with Gasteiger partial charge in [-0.15, -0.1) is 10.2 Å². The fourth-order valence-electron chi connectivity index (χ4n) is 1.28. The molecular weight excluding hydrogens is 162 g/mol. The zero-order valence-corrected chi connectivity index (χ0v) is 9.20. The average Bonchev–Trinajstić information content (AvgIpc) is 2.49. The van der Waals surface area contributed by atoms with Crippen LogP contribution < -0.4 is 0 Å². The molecule has 0 saturated carbocycles. The molecule has 1 aromatic heterocycles. The van der Waals surface area contributed by atoms with Crippen molar-refractivity contribution < 1.29 is 0 Å². The minimum atomic E-state index is 0.0856. The molecule has 1 atom stereocenters. The molecule has 1 rings (SSSR count). The van der Waals surface area contributed by atoms with E-state index >= 15 is 0 Å². The van der Waals surface area contributed by atoms with Crippen LogP contribution in [0.4, 0.5) is 0 Å². The van der Waals surface area contributed by atoms with Crippen molar-refractivity contribution >= 4 is 0 Å². The maximum atomic E-state index is 4.17. The van der Waals surface area contributed by atoms with Crippen LogP contribution >= 0.6 is 0 Å². The molecule has 0 amide bonds. The summed E-state index contributed by atoms with van der Waals surface area (Å²) in [7, 11) is 0. The maximum absolute atomic E-state index is 4.17. The maximum Gasteiger partial charge on any atom is 0.136 e. The van der Waals surface area contributed by atoms with Crippen molar-refractivity contribution in [3.8, 4) is 0 Å². The fourth-order valence-corrected chi connectivity index (χ4v) is 1.28. The molecule has 0 aliphatic heterocycles. The zero-order valence-electron chi connectivity index (χ0n) is 9.20. The first-order valence-electron chi connectivity index (χ1n) is 4.87. The monoisotopic (exact) mass is 181 g/mol. The highest BCUT2D eigenvalue weighted by molar-refractivity contribution is 4.98. The lowest BCUT2D eigenvalue weighted by Crippen LogP contribution is -2.24. The van der Waals surface area contributed by atoms with E-state index in [1.807, 2.05) is 6.33 Å². The first kappa shape index (κ1) is 10.2. The minimum Gasteiger partial charge on any atom is -0.312 e. The summed E-state index contributed by atoms with van der Waals surface area (Å²) in [5, 5.41) is 8.14. The van der Waals surface area contributed by atoms with Crippen molar-refractivity contribution in [3.05, 3.63) is 12.2 Å². The summed E-state index contributed by atoms with van der Waals surface area (Å²) in [6.45, 7) is 10.9. The lowest BCUT2D eigenvalue weighted by molar-refractivity contribution is 0.372. The highest BCUT2D eigenvalue weighted by Gasteiger charge is 2.20. The Kier molecular flexibility index (Phi) is 2.74. The van der Waals surface area contributed by atoms with Crippen LogP contribution in [0.3, 0.4) is 0 Å². The van der Waals surface area contributed by atoms with E-state index in [1.54, 1.807) is 0 Å². The molecule has 1 aromatic rings. The SMILES string of the molecule is CCC(C)c1nncn1C(C)(C)C. The second kappa shape index (κ2) is 3.48. The van der Waals surface area contributed by atoms with Crippen molar-refractivity contribution in [1.82, 2.24) is 14.8 Å². The van der Waals surface area contributed by atoms with Gasteiger partial charge in [-0.05, 0) is 27.2 Å². The van der Waals surface area contributed by atoms with Gasteiger partial charge in [0.05, 0.1) is 0 Å². The summed E-state index contributed by atoms with van der Waals surface area (Å²) in [5.74, 6) is 1.58. The molecule has 0 aliphatic rings. The molecule has 0 aliphatic carbocycles. The van der Waals surface area contributed by atoms with Gasteiger partial charge in [0.2, 0.25) is 0 Å². The van der Waals surface area contributed by atoms with Crippen LogP contribution in [0.1, 0.15) is 52.8 Å². The van der Waals surface area contributed by atoms with E-state index in [4.69, 9.17) is 0 Å². The Bertz CT molecular complexity index is 270. The Labute approximate surface area is 80.2 Å². The van der Waals surface area contributed by atoms with Gasteiger partial charge in [0.25, 0.3) is 0 Å². The first-order valence-corrected chi connectivity index (χ1v) is 4.87. The Morgan fingerprint density at radius 3 is 2.54 bits per heavy atom. The third-order valence-electron chi connectivity index (χ3n) is 2.35. The van der Waals surface area contributed by atoms with E-state index < -0.39 is 0 Å². The second-order valence-electron chi connectivity index (χ2n) is 4.54. The van der Waals surface area contributed by atoms with Gasteiger partial charge in [-0.3, -0.25) is 0 Å². The van der Waals surface area contributed by atoms with E-state index in [0.717, 1.165) is 12.2 Å². The second-order valence-corrected chi connectivity index (χ2v) is 4.54. The van der Waals surface area contributed by atoms with Gasteiger partial charge in [0.1, 0.15) is 12.2 Å².